The van der Waals surface area contributed by atoms with Crippen LogP contribution in [-0.2, 0) is 4.79 Å². The second-order valence-corrected chi connectivity index (χ2v) is 7.38. The highest BCUT2D eigenvalue weighted by molar-refractivity contribution is 5.96. The van der Waals surface area contributed by atoms with Crippen molar-refractivity contribution in [2.45, 2.75) is 58.2 Å². The molecule has 7 heteroatoms. The minimum atomic E-state index is -0.664. The molecule has 136 valence electrons. The molecular formula is C18H26N4O3. The third-order valence-electron chi connectivity index (χ3n) is 3.56. The summed E-state index contributed by atoms with van der Waals surface area (Å²) in [5.41, 5.74) is 0.736. The van der Waals surface area contributed by atoms with Crippen LogP contribution < -0.4 is 21.3 Å². The molecule has 1 saturated carbocycles. The first-order chi connectivity index (χ1) is 11.6. The zero-order valence-electron chi connectivity index (χ0n) is 15.1. The molecule has 1 atom stereocenters. The van der Waals surface area contributed by atoms with Crippen molar-refractivity contribution in [2.75, 3.05) is 5.32 Å². The Bertz CT molecular complexity index is 645. The highest BCUT2D eigenvalue weighted by Crippen LogP contribution is 2.19. The van der Waals surface area contributed by atoms with Crippen molar-refractivity contribution in [1.82, 2.24) is 16.0 Å². The van der Waals surface area contributed by atoms with E-state index < -0.39 is 12.1 Å². The normalized spacial score (nSPS) is 15.0. The van der Waals surface area contributed by atoms with Crippen LogP contribution in [0.4, 0.5) is 10.5 Å². The van der Waals surface area contributed by atoms with Gasteiger partial charge in [-0.15, -0.1) is 0 Å². The van der Waals surface area contributed by atoms with Crippen LogP contribution in [0.2, 0.25) is 0 Å². The molecule has 0 radical (unpaired) electrons. The number of amides is 4. The van der Waals surface area contributed by atoms with Gasteiger partial charge < -0.3 is 21.3 Å². The lowest BCUT2D eigenvalue weighted by atomic mass is 10.1. The van der Waals surface area contributed by atoms with Crippen LogP contribution in [0, 0.1) is 0 Å². The molecule has 1 aromatic carbocycles. The van der Waals surface area contributed by atoms with Crippen molar-refractivity contribution in [1.29, 1.82) is 0 Å². The number of urea groups is 1. The van der Waals surface area contributed by atoms with Crippen molar-refractivity contribution in [3.05, 3.63) is 29.8 Å². The summed E-state index contributed by atoms with van der Waals surface area (Å²) >= 11 is 0. The number of carbonyl (C=O) groups is 3. The highest BCUT2D eigenvalue weighted by atomic mass is 16.2. The molecule has 0 aromatic heterocycles. The molecule has 1 aliphatic rings. The monoisotopic (exact) mass is 346 g/mol. The van der Waals surface area contributed by atoms with E-state index in [0.29, 0.717) is 17.3 Å². The number of hydrogen-bond donors (Lipinski definition) is 4. The Balaban J connectivity index is 1.83. The fourth-order valence-electron chi connectivity index (χ4n) is 2.11. The van der Waals surface area contributed by atoms with Crippen LogP contribution in [-0.4, -0.2) is 35.5 Å². The standard InChI is InChI=1S/C18H26N4O3/c1-11(15(23)22-18(2,3)4)19-17(25)21-14-7-5-12(6-8-14)16(24)20-13-9-10-13/h5-8,11,13H,9-10H2,1-4H3,(H,20,24)(H,22,23)(H2,19,21,25)/t11-/m1/s1. The highest BCUT2D eigenvalue weighted by Gasteiger charge is 2.24. The van der Waals surface area contributed by atoms with Crippen LogP contribution in [0.25, 0.3) is 0 Å². The summed E-state index contributed by atoms with van der Waals surface area (Å²) in [6.07, 6.45) is 2.07. The summed E-state index contributed by atoms with van der Waals surface area (Å²) < 4.78 is 0. The third kappa shape index (κ3) is 6.45. The van der Waals surface area contributed by atoms with Gasteiger partial charge >= 0.3 is 6.03 Å². The number of carbonyl (C=O) groups excluding carboxylic acids is 3. The van der Waals surface area contributed by atoms with E-state index in [1.165, 1.54) is 0 Å². The lowest BCUT2D eigenvalue weighted by molar-refractivity contribution is -0.123. The number of anilines is 1. The van der Waals surface area contributed by atoms with E-state index in [2.05, 4.69) is 21.3 Å². The van der Waals surface area contributed by atoms with Crippen LogP contribution in [0.15, 0.2) is 24.3 Å². The molecule has 1 aromatic rings. The maximum Gasteiger partial charge on any atom is 0.319 e. The van der Waals surface area contributed by atoms with Gasteiger partial charge in [0.15, 0.2) is 0 Å². The summed E-state index contributed by atoms with van der Waals surface area (Å²) in [4.78, 5) is 35.9. The van der Waals surface area contributed by atoms with E-state index in [4.69, 9.17) is 0 Å². The van der Waals surface area contributed by atoms with Gasteiger partial charge in [-0.3, -0.25) is 9.59 Å². The molecular weight excluding hydrogens is 320 g/mol. The largest absolute Gasteiger partial charge is 0.350 e. The van der Waals surface area contributed by atoms with E-state index >= 15 is 0 Å². The second kappa shape index (κ2) is 7.55. The minimum absolute atomic E-state index is 0.106. The molecule has 0 spiro atoms. The molecule has 0 heterocycles. The summed E-state index contributed by atoms with van der Waals surface area (Å²) in [6, 6.07) is 5.78. The first-order valence-electron chi connectivity index (χ1n) is 8.44. The van der Waals surface area contributed by atoms with E-state index in [9.17, 15) is 14.4 Å². The topological polar surface area (TPSA) is 99.3 Å². The minimum Gasteiger partial charge on any atom is -0.350 e. The predicted octanol–water partition coefficient (Wildman–Crippen LogP) is 2.00. The van der Waals surface area contributed by atoms with Gasteiger partial charge in [0.05, 0.1) is 0 Å². The van der Waals surface area contributed by atoms with Crippen LogP contribution in [0.5, 0.6) is 0 Å². The quantitative estimate of drug-likeness (QED) is 0.656. The fraction of sp³-hybridized carbons (Fsp3) is 0.500. The lowest BCUT2D eigenvalue weighted by Crippen LogP contribution is -2.51. The van der Waals surface area contributed by atoms with Gasteiger partial charge in [-0.1, -0.05) is 0 Å². The van der Waals surface area contributed by atoms with E-state index in [1.54, 1.807) is 31.2 Å². The first kappa shape index (κ1) is 18.8. The number of rotatable bonds is 5. The van der Waals surface area contributed by atoms with E-state index in [-0.39, 0.29) is 17.4 Å². The molecule has 0 unspecified atom stereocenters. The lowest BCUT2D eigenvalue weighted by Gasteiger charge is -2.23. The van der Waals surface area contributed by atoms with Crippen molar-refractivity contribution in [2.24, 2.45) is 0 Å². The Labute approximate surface area is 147 Å². The van der Waals surface area contributed by atoms with Crippen LogP contribution in [0.1, 0.15) is 50.9 Å². The number of benzene rings is 1. The maximum absolute atomic E-state index is 12.0. The Kier molecular flexibility index (Phi) is 5.66. The summed E-state index contributed by atoms with van der Waals surface area (Å²) in [6.45, 7) is 7.24. The molecule has 7 nitrogen and oxygen atoms in total. The third-order valence-corrected chi connectivity index (χ3v) is 3.56. The Morgan fingerprint density at radius 3 is 2.20 bits per heavy atom. The molecule has 0 bridgehead atoms. The van der Waals surface area contributed by atoms with Crippen LogP contribution in [0.3, 0.4) is 0 Å². The van der Waals surface area contributed by atoms with Gasteiger partial charge in [0.1, 0.15) is 6.04 Å². The number of hydrogen-bond acceptors (Lipinski definition) is 3. The molecule has 0 saturated heterocycles. The molecule has 0 aliphatic heterocycles. The van der Waals surface area contributed by atoms with Crippen molar-refractivity contribution >= 4 is 23.5 Å². The number of nitrogens with one attached hydrogen (secondary N) is 4. The molecule has 4 N–H and O–H groups in total. The van der Waals surface area contributed by atoms with Gasteiger partial charge in [0, 0.05) is 22.8 Å². The van der Waals surface area contributed by atoms with Crippen molar-refractivity contribution in [3.8, 4) is 0 Å². The predicted molar refractivity (Wildman–Crippen MR) is 96.4 cm³/mol. The zero-order chi connectivity index (χ0) is 18.6. The summed E-state index contributed by atoms with van der Waals surface area (Å²) in [7, 11) is 0. The maximum atomic E-state index is 12.0. The molecule has 4 amide bonds. The average Bonchev–Trinajstić information content (AvgIpc) is 3.30. The molecule has 1 fully saturated rings. The van der Waals surface area contributed by atoms with Crippen LogP contribution >= 0.6 is 0 Å². The molecule has 25 heavy (non-hydrogen) atoms. The summed E-state index contributed by atoms with van der Waals surface area (Å²) in [5.74, 6) is -0.360. The van der Waals surface area contributed by atoms with Crippen molar-refractivity contribution < 1.29 is 14.4 Å². The van der Waals surface area contributed by atoms with E-state index in [0.717, 1.165) is 12.8 Å². The Hall–Kier alpha value is -2.57. The molecule has 1 aliphatic carbocycles. The Morgan fingerprint density at radius 1 is 1.08 bits per heavy atom. The molecule has 2 rings (SSSR count). The second-order valence-electron chi connectivity index (χ2n) is 7.38. The van der Waals surface area contributed by atoms with Gasteiger partial charge in [0.2, 0.25) is 5.91 Å². The van der Waals surface area contributed by atoms with Gasteiger partial charge in [-0.25, -0.2) is 4.79 Å². The van der Waals surface area contributed by atoms with Gasteiger partial charge in [0.25, 0.3) is 5.91 Å². The zero-order valence-corrected chi connectivity index (χ0v) is 15.1. The van der Waals surface area contributed by atoms with Crippen molar-refractivity contribution in [3.63, 3.8) is 0 Å². The average molecular weight is 346 g/mol. The van der Waals surface area contributed by atoms with Gasteiger partial charge in [-0.2, -0.15) is 0 Å². The first-order valence-corrected chi connectivity index (χ1v) is 8.44. The SMILES string of the molecule is C[C@@H](NC(=O)Nc1ccc(C(=O)NC2CC2)cc1)C(=O)NC(C)(C)C. The van der Waals surface area contributed by atoms with Gasteiger partial charge in [-0.05, 0) is 64.8 Å². The Morgan fingerprint density at radius 2 is 1.68 bits per heavy atom. The fourth-order valence-corrected chi connectivity index (χ4v) is 2.11. The smallest absolute Gasteiger partial charge is 0.319 e. The van der Waals surface area contributed by atoms with E-state index in [1.807, 2.05) is 20.8 Å². The summed E-state index contributed by atoms with van der Waals surface area (Å²) in [5, 5.41) is 10.9.